The standard InChI is InChI=1S/C13H12N2/c1-13(2)10-6-4-3-5-9(10)12-11(13)7-8-14-15-12/h3-8H,1-2H3. The summed E-state index contributed by atoms with van der Waals surface area (Å²) in [5, 5.41) is 8.22. The van der Waals surface area contributed by atoms with Gasteiger partial charge in [0.2, 0.25) is 0 Å². The third-order valence-corrected chi connectivity index (χ3v) is 3.25. The molecule has 0 saturated heterocycles. The molecule has 1 aliphatic carbocycles. The zero-order valence-electron chi connectivity index (χ0n) is 8.86. The molecule has 0 unspecified atom stereocenters. The number of nitrogens with zero attached hydrogens (tertiary/aromatic N) is 2. The Kier molecular flexibility index (Phi) is 1.52. The van der Waals surface area contributed by atoms with E-state index in [9.17, 15) is 0 Å². The van der Waals surface area contributed by atoms with Gasteiger partial charge in [0.05, 0.1) is 5.69 Å². The van der Waals surface area contributed by atoms with E-state index in [0.29, 0.717) is 0 Å². The van der Waals surface area contributed by atoms with Crippen molar-refractivity contribution in [3.05, 3.63) is 47.7 Å². The van der Waals surface area contributed by atoms with E-state index in [1.807, 2.05) is 0 Å². The quantitative estimate of drug-likeness (QED) is 0.647. The van der Waals surface area contributed by atoms with Gasteiger partial charge in [-0.05, 0) is 17.2 Å². The minimum atomic E-state index is 0.0574. The molecule has 0 bridgehead atoms. The van der Waals surface area contributed by atoms with Crippen molar-refractivity contribution in [3.63, 3.8) is 0 Å². The second-order valence-electron chi connectivity index (χ2n) is 4.46. The maximum atomic E-state index is 4.25. The van der Waals surface area contributed by atoms with Gasteiger partial charge in [-0.3, -0.25) is 0 Å². The van der Waals surface area contributed by atoms with E-state index in [2.05, 4.69) is 54.4 Å². The fourth-order valence-corrected chi connectivity index (χ4v) is 2.41. The molecule has 2 nitrogen and oxygen atoms in total. The largest absolute Gasteiger partial charge is 0.159 e. The van der Waals surface area contributed by atoms with Crippen molar-refractivity contribution < 1.29 is 0 Å². The summed E-state index contributed by atoms with van der Waals surface area (Å²) in [7, 11) is 0. The molecule has 0 spiro atoms. The van der Waals surface area contributed by atoms with Crippen molar-refractivity contribution in [1.82, 2.24) is 10.2 Å². The molecule has 74 valence electrons. The fraction of sp³-hybridized carbons (Fsp3) is 0.231. The summed E-state index contributed by atoms with van der Waals surface area (Å²) in [6.07, 6.45) is 1.77. The van der Waals surface area contributed by atoms with Gasteiger partial charge in [0.1, 0.15) is 0 Å². The lowest BCUT2D eigenvalue weighted by atomic mass is 9.83. The Labute approximate surface area is 89.0 Å². The summed E-state index contributed by atoms with van der Waals surface area (Å²) in [5.74, 6) is 0. The molecule has 2 heteroatoms. The normalized spacial score (nSPS) is 15.9. The average Bonchev–Trinajstić information content (AvgIpc) is 2.51. The summed E-state index contributed by atoms with van der Waals surface area (Å²) in [6, 6.07) is 10.5. The van der Waals surface area contributed by atoms with Crippen LogP contribution in [0.3, 0.4) is 0 Å². The van der Waals surface area contributed by atoms with Crippen molar-refractivity contribution in [1.29, 1.82) is 0 Å². The first-order chi connectivity index (χ1) is 7.21. The van der Waals surface area contributed by atoms with Crippen molar-refractivity contribution in [3.8, 4) is 11.3 Å². The van der Waals surface area contributed by atoms with Crippen molar-refractivity contribution in [2.75, 3.05) is 0 Å². The molecule has 15 heavy (non-hydrogen) atoms. The van der Waals surface area contributed by atoms with Crippen LogP contribution < -0.4 is 0 Å². The van der Waals surface area contributed by atoms with Gasteiger partial charge in [-0.25, -0.2) is 0 Å². The molecule has 0 fully saturated rings. The predicted molar refractivity (Wildman–Crippen MR) is 59.6 cm³/mol. The van der Waals surface area contributed by atoms with Crippen LogP contribution in [0.2, 0.25) is 0 Å². The SMILES string of the molecule is CC1(C)c2ccccc2-c2nnccc21. The number of hydrogen-bond acceptors (Lipinski definition) is 2. The fourth-order valence-electron chi connectivity index (χ4n) is 2.41. The summed E-state index contributed by atoms with van der Waals surface area (Å²) in [6.45, 7) is 4.47. The zero-order valence-corrected chi connectivity index (χ0v) is 8.86. The number of fused-ring (bicyclic) bond motifs is 3. The van der Waals surface area contributed by atoms with Crippen molar-refractivity contribution in [2.24, 2.45) is 0 Å². The van der Waals surface area contributed by atoms with E-state index >= 15 is 0 Å². The number of benzene rings is 1. The highest BCUT2D eigenvalue weighted by atomic mass is 15.1. The van der Waals surface area contributed by atoms with Crippen LogP contribution in [-0.4, -0.2) is 10.2 Å². The average molecular weight is 196 g/mol. The Balaban J connectivity index is 2.42. The Bertz CT molecular complexity index is 482. The van der Waals surface area contributed by atoms with Crippen LogP contribution in [0.1, 0.15) is 25.0 Å². The van der Waals surface area contributed by atoms with Gasteiger partial charge in [0, 0.05) is 17.2 Å². The second-order valence-corrected chi connectivity index (χ2v) is 4.46. The van der Waals surface area contributed by atoms with Crippen LogP contribution in [-0.2, 0) is 5.41 Å². The van der Waals surface area contributed by atoms with Gasteiger partial charge in [0.15, 0.2) is 0 Å². The minimum Gasteiger partial charge on any atom is -0.159 e. The highest BCUT2D eigenvalue weighted by Gasteiger charge is 2.35. The number of aromatic nitrogens is 2. The van der Waals surface area contributed by atoms with Crippen LogP contribution in [0.25, 0.3) is 11.3 Å². The smallest absolute Gasteiger partial charge is 0.0973 e. The van der Waals surface area contributed by atoms with Gasteiger partial charge < -0.3 is 0 Å². The van der Waals surface area contributed by atoms with Crippen molar-refractivity contribution in [2.45, 2.75) is 19.3 Å². The Morgan fingerprint density at radius 2 is 1.80 bits per heavy atom. The lowest BCUT2D eigenvalue weighted by Gasteiger charge is -2.20. The van der Waals surface area contributed by atoms with E-state index in [0.717, 1.165) is 5.69 Å². The van der Waals surface area contributed by atoms with E-state index in [1.165, 1.54) is 16.7 Å². The lowest BCUT2D eigenvalue weighted by Crippen LogP contribution is -2.14. The molecule has 1 aromatic heterocycles. The number of hydrogen-bond donors (Lipinski definition) is 0. The molecule has 3 rings (SSSR count). The molecular formula is C13H12N2. The van der Waals surface area contributed by atoms with Crippen LogP contribution in [0.4, 0.5) is 0 Å². The van der Waals surface area contributed by atoms with E-state index < -0.39 is 0 Å². The van der Waals surface area contributed by atoms with Crippen molar-refractivity contribution >= 4 is 0 Å². The highest BCUT2D eigenvalue weighted by molar-refractivity contribution is 5.77. The molecule has 0 N–H and O–H groups in total. The Morgan fingerprint density at radius 3 is 2.67 bits per heavy atom. The summed E-state index contributed by atoms with van der Waals surface area (Å²) >= 11 is 0. The second kappa shape index (κ2) is 2.66. The Hall–Kier alpha value is -1.70. The monoisotopic (exact) mass is 196 g/mol. The van der Waals surface area contributed by atoms with Gasteiger partial charge in [-0.1, -0.05) is 38.1 Å². The van der Waals surface area contributed by atoms with E-state index in [1.54, 1.807) is 6.20 Å². The van der Waals surface area contributed by atoms with E-state index in [-0.39, 0.29) is 5.41 Å². The third kappa shape index (κ3) is 0.990. The molecule has 0 aliphatic heterocycles. The molecule has 1 aliphatic rings. The molecule has 2 aromatic rings. The first kappa shape index (κ1) is 8.60. The third-order valence-electron chi connectivity index (χ3n) is 3.25. The van der Waals surface area contributed by atoms with Crippen LogP contribution >= 0.6 is 0 Å². The van der Waals surface area contributed by atoms with Crippen LogP contribution in [0.15, 0.2) is 36.5 Å². The van der Waals surface area contributed by atoms with E-state index in [4.69, 9.17) is 0 Å². The Morgan fingerprint density at radius 1 is 1.00 bits per heavy atom. The molecule has 1 aromatic carbocycles. The molecule has 0 atom stereocenters. The molecule has 0 amide bonds. The molecule has 0 radical (unpaired) electrons. The lowest BCUT2D eigenvalue weighted by molar-refractivity contribution is 0.657. The summed E-state index contributed by atoms with van der Waals surface area (Å²) < 4.78 is 0. The van der Waals surface area contributed by atoms with Gasteiger partial charge in [-0.2, -0.15) is 10.2 Å². The predicted octanol–water partition coefficient (Wildman–Crippen LogP) is 2.78. The van der Waals surface area contributed by atoms with Crippen LogP contribution in [0, 0.1) is 0 Å². The first-order valence-corrected chi connectivity index (χ1v) is 5.13. The molecular weight excluding hydrogens is 184 g/mol. The van der Waals surface area contributed by atoms with Gasteiger partial charge >= 0.3 is 0 Å². The zero-order chi connectivity index (χ0) is 10.5. The summed E-state index contributed by atoms with van der Waals surface area (Å²) in [5.41, 5.74) is 4.95. The number of rotatable bonds is 0. The van der Waals surface area contributed by atoms with Crippen LogP contribution in [0.5, 0.6) is 0 Å². The molecule has 1 heterocycles. The maximum Gasteiger partial charge on any atom is 0.0973 e. The van der Waals surface area contributed by atoms with Gasteiger partial charge in [-0.15, -0.1) is 0 Å². The topological polar surface area (TPSA) is 25.8 Å². The minimum absolute atomic E-state index is 0.0574. The maximum absolute atomic E-state index is 4.25. The first-order valence-electron chi connectivity index (χ1n) is 5.13. The summed E-state index contributed by atoms with van der Waals surface area (Å²) in [4.78, 5) is 0. The molecule has 0 saturated carbocycles. The van der Waals surface area contributed by atoms with Gasteiger partial charge in [0.25, 0.3) is 0 Å². The highest BCUT2D eigenvalue weighted by Crippen LogP contribution is 2.46.